The first-order valence-corrected chi connectivity index (χ1v) is 3.62. The van der Waals surface area contributed by atoms with Crippen LogP contribution in [0.1, 0.15) is 26.2 Å². The molecule has 0 rings (SSSR count). The minimum Gasteiger partial charge on any atom is -0.396 e. The summed E-state index contributed by atoms with van der Waals surface area (Å²) in [4.78, 5) is 0. The lowest BCUT2D eigenvalue weighted by molar-refractivity contribution is 0.272. The zero-order chi connectivity index (χ0) is 7.11. The molecule has 3 N–H and O–H groups in total. The molecule has 2 nitrogen and oxygen atoms in total. The van der Waals surface area contributed by atoms with Gasteiger partial charge in [-0.25, -0.2) is 0 Å². The molecular weight excluding hydrogens is 114 g/mol. The molecule has 1 atom stereocenters. The maximum atomic E-state index is 8.45. The lowest BCUT2D eigenvalue weighted by Crippen LogP contribution is -2.05. The fourth-order valence-corrected chi connectivity index (χ4v) is 0.869. The van der Waals surface area contributed by atoms with Crippen molar-refractivity contribution in [3.63, 3.8) is 0 Å². The van der Waals surface area contributed by atoms with Crippen LogP contribution in [0.15, 0.2) is 0 Å². The van der Waals surface area contributed by atoms with Crippen molar-refractivity contribution < 1.29 is 5.11 Å². The van der Waals surface area contributed by atoms with Gasteiger partial charge in [0.1, 0.15) is 0 Å². The summed E-state index contributed by atoms with van der Waals surface area (Å²) in [6.07, 6.45) is 3.11. The van der Waals surface area contributed by atoms with Gasteiger partial charge in [0.15, 0.2) is 0 Å². The zero-order valence-corrected chi connectivity index (χ0v) is 6.14. The highest BCUT2D eigenvalue weighted by molar-refractivity contribution is 4.52. The summed E-state index contributed by atoms with van der Waals surface area (Å²) >= 11 is 0. The van der Waals surface area contributed by atoms with Gasteiger partial charge in [-0.05, 0) is 31.7 Å². The van der Waals surface area contributed by atoms with E-state index >= 15 is 0 Å². The molecule has 1 unspecified atom stereocenters. The topological polar surface area (TPSA) is 46.2 Å². The minimum absolute atomic E-state index is 0.314. The Morgan fingerprint density at radius 1 is 1.44 bits per heavy atom. The van der Waals surface area contributed by atoms with Gasteiger partial charge in [-0.15, -0.1) is 0 Å². The predicted molar refractivity (Wildman–Crippen MR) is 39.2 cm³/mol. The van der Waals surface area contributed by atoms with Gasteiger partial charge >= 0.3 is 0 Å². The first-order valence-electron chi connectivity index (χ1n) is 3.62. The van der Waals surface area contributed by atoms with Gasteiger partial charge in [-0.2, -0.15) is 0 Å². The Labute approximate surface area is 57.1 Å². The van der Waals surface area contributed by atoms with E-state index in [4.69, 9.17) is 10.8 Å². The Kier molecular flexibility index (Phi) is 5.99. The predicted octanol–water partition coefficient (Wildman–Crippen LogP) is 0.744. The molecule has 0 bridgehead atoms. The molecule has 0 radical (unpaired) electrons. The van der Waals surface area contributed by atoms with Crippen molar-refractivity contribution in [1.82, 2.24) is 0 Å². The first kappa shape index (κ1) is 8.92. The molecular formula is C7H17NO. The van der Waals surface area contributed by atoms with Gasteiger partial charge in [-0.3, -0.25) is 0 Å². The van der Waals surface area contributed by atoms with E-state index in [1.54, 1.807) is 0 Å². The van der Waals surface area contributed by atoms with Crippen LogP contribution in [0, 0.1) is 5.92 Å². The molecule has 0 aromatic carbocycles. The molecule has 0 amide bonds. The third kappa shape index (κ3) is 5.80. The van der Waals surface area contributed by atoms with Crippen molar-refractivity contribution >= 4 is 0 Å². The summed E-state index contributed by atoms with van der Waals surface area (Å²) in [5.41, 5.74) is 5.34. The smallest absolute Gasteiger partial charge is 0.0431 e. The van der Waals surface area contributed by atoms with Crippen LogP contribution in [0.2, 0.25) is 0 Å². The fraction of sp³-hybridized carbons (Fsp3) is 1.00. The Morgan fingerprint density at radius 2 is 2.11 bits per heavy atom. The van der Waals surface area contributed by atoms with Gasteiger partial charge < -0.3 is 10.8 Å². The third-order valence-electron chi connectivity index (χ3n) is 1.51. The molecule has 0 heterocycles. The molecule has 0 saturated heterocycles. The molecule has 0 fully saturated rings. The second kappa shape index (κ2) is 6.05. The molecule has 0 saturated carbocycles. The molecule has 0 aliphatic rings. The van der Waals surface area contributed by atoms with E-state index < -0.39 is 0 Å². The molecule has 0 aromatic rings. The van der Waals surface area contributed by atoms with Crippen molar-refractivity contribution in [2.24, 2.45) is 11.7 Å². The quantitative estimate of drug-likeness (QED) is 0.578. The van der Waals surface area contributed by atoms with E-state index in [0.717, 1.165) is 25.8 Å². The molecule has 2 heteroatoms. The SMILES string of the molecule is CC(CCN)CCCO. The van der Waals surface area contributed by atoms with E-state index in [-0.39, 0.29) is 0 Å². The van der Waals surface area contributed by atoms with Crippen LogP contribution in [-0.4, -0.2) is 18.3 Å². The highest BCUT2D eigenvalue weighted by atomic mass is 16.2. The monoisotopic (exact) mass is 131 g/mol. The summed E-state index contributed by atoms with van der Waals surface area (Å²) in [5.74, 6) is 0.683. The summed E-state index contributed by atoms with van der Waals surface area (Å²) in [6, 6.07) is 0. The van der Waals surface area contributed by atoms with Crippen LogP contribution in [0.4, 0.5) is 0 Å². The Balaban J connectivity index is 2.95. The minimum atomic E-state index is 0.314. The molecule has 0 aliphatic carbocycles. The number of aliphatic hydroxyl groups excluding tert-OH is 1. The van der Waals surface area contributed by atoms with E-state index in [2.05, 4.69) is 6.92 Å². The van der Waals surface area contributed by atoms with Gasteiger partial charge in [0, 0.05) is 6.61 Å². The Bertz CT molecular complexity index is 56.9. The first-order chi connectivity index (χ1) is 4.31. The van der Waals surface area contributed by atoms with E-state index in [1.165, 1.54) is 0 Å². The summed E-state index contributed by atoms with van der Waals surface area (Å²) in [6.45, 7) is 3.25. The van der Waals surface area contributed by atoms with Crippen molar-refractivity contribution in [2.75, 3.05) is 13.2 Å². The second-order valence-electron chi connectivity index (χ2n) is 2.55. The number of nitrogens with two attached hydrogens (primary N) is 1. The van der Waals surface area contributed by atoms with Crippen molar-refractivity contribution in [2.45, 2.75) is 26.2 Å². The van der Waals surface area contributed by atoms with Gasteiger partial charge in [-0.1, -0.05) is 6.92 Å². The number of rotatable bonds is 5. The third-order valence-corrected chi connectivity index (χ3v) is 1.51. The van der Waals surface area contributed by atoms with Crippen LogP contribution in [0.25, 0.3) is 0 Å². The second-order valence-corrected chi connectivity index (χ2v) is 2.55. The fourth-order valence-electron chi connectivity index (χ4n) is 0.869. The average molecular weight is 131 g/mol. The van der Waals surface area contributed by atoms with Gasteiger partial charge in [0.05, 0.1) is 0 Å². The maximum Gasteiger partial charge on any atom is 0.0431 e. The molecule has 0 aromatic heterocycles. The summed E-state index contributed by atoms with van der Waals surface area (Å²) in [7, 11) is 0. The van der Waals surface area contributed by atoms with Gasteiger partial charge in [0.2, 0.25) is 0 Å². The Hall–Kier alpha value is -0.0800. The molecule has 0 spiro atoms. The number of hydrogen-bond acceptors (Lipinski definition) is 2. The largest absolute Gasteiger partial charge is 0.396 e. The summed E-state index contributed by atoms with van der Waals surface area (Å²) in [5, 5.41) is 8.45. The van der Waals surface area contributed by atoms with Crippen LogP contribution in [0.3, 0.4) is 0 Å². The van der Waals surface area contributed by atoms with Crippen LogP contribution < -0.4 is 5.73 Å². The van der Waals surface area contributed by atoms with Crippen LogP contribution in [-0.2, 0) is 0 Å². The van der Waals surface area contributed by atoms with E-state index in [1.807, 2.05) is 0 Å². The van der Waals surface area contributed by atoms with Crippen molar-refractivity contribution in [3.8, 4) is 0 Å². The molecule has 56 valence electrons. The lowest BCUT2D eigenvalue weighted by atomic mass is 10.0. The van der Waals surface area contributed by atoms with Crippen LogP contribution in [0.5, 0.6) is 0 Å². The van der Waals surface area contributed by atoms with Gasteiger partial charge in [0.25, 0.3) is 0 Å². The zero-order valence-electron chi connectivity index (χ0n) is 6.14. The highest BCUT2D eigenvalue weighted by Gasteiger charge is 1.97. The highest BCUT2D eigenvalue weighted by Crippen LogP contribution is 2.07. The maximum absolute atomic E-state index is 8.45. The standard InChI is InChI=1S/C7H17NO/c1-7(4-5-8)3-2-6-9/h7,9H,2-6,8H2,1H3. The number of aliphatic hydroxyl groups is 1. The van der Waals surface area contributed by atoms with E-state index in [0.29, 0.717) is 12.5 Å². The average Bonchev–Trinajstić information content (AvgIpc) is 1.85. The molecule has 0 aliphatic heterocycles. The molecule has 9 heavy (non-hydrogen) atoms. The number of hydrogen-bond donors (Lipinski definition) is 2. The van der Waals surface area contributed by atoms with Crippen LogP contribution >= 0.6 is 0 Å². The van der Waals surface area contributed by atoms with Crippen molar-refractivity contribution in [3.05, 3.63) is 0 Å². The normalized spacial score (nSPS) is 13.7. The lowest BCUT2D eigenvalue weighted by Gasteiger charge is -2.06. The van der Waals surface area contributed by atoms with E-state index in [9.17, 15) is 0 Å². The summed E-state index contributed by atoms with van der Waals surface area (Å²) < 4.78 is 0. The Morgan fingerprint density at radius 3 is 2.56 bits per heavy atom. The van der Waals surface area contributed by atoms with Crippen molar-refractivity contribution in [1.29, 1.82) is 0 Å².